The fourth-order valence-electron chi connectivity index (χ4n) is 0.841. The molecule has 5 nitrogen and oxygen atoms in total. The molecule has 0 fully saturated rings. The van der Waals surface area contributed by atoms with Crippen molar-refractivity contribution in [1.29, 1.82) is 0 Å². The van der Waals surface area contributed by atoms with Crippen molar-refractivity contribution in [3.05, 3.63) is 0 Å². The molecule has 1 unspecified atom stereocenters. The molecule has 8 heteroatoms. The van der Waals surface area contributed by atoms with Crippen molar-refractivity contribution < 1.29 is 27.5 Å². The van der Waals surface area contributed by atoms with Crippen LogP contribution in [0.25, 0.3) is 0 Å². The van der Waals surface area contributed by atoms with Gasteiger partial charge in [0, 0.05) is 0 Å². The van der Waals surface area contributed by atoms with E-state index >= 15 is 0 Å². The van der Waals surface area contributed by atoms with Gasteiger partial charge in [-0.3, -0.25) is 4.79 Å². The Labute approximate surface area is 103 Å². The first kappa shape index (κ1) is 16.5. The van der Waals surface area contributed by atoms with Crippen LogP contribution in [0, 0.1) is 0 Å². The average molecular weight is 270 g/mol. The molecule has 0 heterocycles. The van der Waals surface area contributed by atoms with Crippen LogP contribution < -0.4 is 10.6 Å². The van der Waals surface area contributed by atoms with Gasteiger partial charge in [0.25, 0.3) is 0 Å². The molecule has 0 saturated heterocycles. The maximum absolute atomic E-state index is 12.1. The first-order valence-electron chi connectivity index (χ1n) is 5.25. The average Bonchev–Trinajstić information content (AvgIpc) is 2.10. The molecule has 0 bridgehead atoms. The van der Waals surface area contributed by atoms with Gasteiger partial charge in [0.05, 0.1) is 0 Å². The maximum Gasteiger partial charge on any atom is 0.408 e. The van der Waals surface area contributed by atoms with Gasteiger partial charge in [0.2, 0.25) is 5.91 Å². The largest absolute Gasteiger partial charge is 0.444 e. The number of carbonyl (C=O) groups is 2. The lowest BCUT2D eigenvalue weighted by atomic mass is 10.2. The minimum Gasteiger partial charge on any atom is -0.444 e. The molecule has 0 rings (SSSR count). The monoisotopic (exact) mass is 270 g/mol. The third-order valence-electron chi connectivity index (χ3n) is 1.66. The zero-order valence-electron chi connectivity index (χ0n) is 10.6. The number of rotatable bonds is 3. The number of ether oxygens (including phenoxy) is 1. The van der Waals surface area contributed by atoms with Crippen molar-refractivity contribution in [2.75, 3.05) is 6.54 Å². The zero-order chi connectivity index (χ0) is 14.6. The van der Waals surface area contributed by atoms with Crippen LogP contribution in [0.2, 0.25) is 0 Å². The van der Waals surface area contributed by atoms with Crippen LogP contribution in [-0.4, -0.2) is 36.4 Å². The van der Waals surface area contributed by atoms with Gasteiger partial charge in [0.15, 0.2) is 0 Å². The van der Waals surface area contributed by atoms with Crippen LogP contribution in [0.15, 0.2) is 0 Å². The van der Waals surface area contributed by atoms with Gasteiger partial charge < -0.3 is 15.4 Å². The minimum atomic E-state index is -4.51. The summed E-state index contributed by atoms with van der Waals surface area (Å²) in [6, 6.07) is -1.97. The number of hydrogen-bond acceptors (Lipinski definition) is 3. The lowest BCUT2D eigenvalue weighted by Gasteiger charge is -2.20. The Bertz CT molecular complexity index is 310. The summed E-state index contributed by atoms with van der Waals surface area (Å²) in [5, 5.41) is 3.76. The Morgan fingerprint density at radius 1 is 1.22 bits per heavy atom. The van der Waals surface area contributed by atoms with E-state index in [1.165, 1.54) is 0 Å². The number of carbonyl (C=O) groups excluding carboxylic acids is 2. The first-order chi connectivity index (χ1) is 7.92. The third kappa shape index (κ3) is 7.75. The fourth-order valence-corrected chi connectivity index (χ4v) is 0.841. The van der Waals surface area contributed by atoms with Gasteiger partial charge in [-0.1, -0.05) is 0 Å². The molecular formula is C10H17F3N2O3. The number of amides is 2. The molecule has 0 spiro atoms. The van der Waals surface area contributed by atoms with E-state index in [0.717, 1.165) is 6.92 Å². The molecule has 0 aromatic heterocycles. The van der Waals surface area contributed by atoms with Crippen molar-refractivity contribution >= 4 is 12.0 Å². The SMILES string of the molecule is CC(NC(=O)CNC(=O)OC(C)(C)C)C(F)(F)F. The Morgan fingerprint density at radius 2 is 1.72 bits per heavy atom. The molecule has 0 aliphatic rings. The summed E-state index contributed by atoms with van der Waals surface area (Å²) in [7, 11) is 0. The standard InChI is InChI=1S/C10H17F3N2O3/c1-6(10(11,12)13)15-7(16)5-14-8(17)18-9(2,3)4/h6H,5H2,1-4H3,(H,14,17)(H,15,16). The fraction of sp³-hybridized carbons (Fsp3) is 0.800. The van der Waals surface area contributed by atoms with Crippen LogP contribution in [0.5, 0.6) is 0 Å². The van der Waals surface area contributed by atoms with Gasteiger partial charge in [-0.15, -0.1) is 0 Å². The van der Waals surface area contributed by atoms with Crippen LogP contribution in [-0.2, 0) is 9.53 Å². The second-order valence-electron chi connectivity index (χ2n) is 4.69. The number of halogens is 3. The molecule has 0 aromatic rings. The predicted molar refractivity (Wildman–Crippen MR) is 57.9 cm³/mol. The lowest BCUT2D eigenvalue weighted by Crippen LogP contribution is -2.47. The molecule has 0 saturated carbocycles. The van der Waals surface area contributed by atoms with E-state index in [0.29, 0.717) is 0 Å². The van der Waals surface area contributed by atoms with Crippen molar-refractivity contribution in [2.45, 2.75) is 45.5 Å². The van der Waals surface area contributed by atoms with Crippen molar-refractivity contribution in [1.82, 2.24) is 10.6 Å². The smallest absolute Gasteiger partial charge is 0.408 e. The molecule has 0 aliphatic heterocycles. The van der Waals surface area contributed by atoms with Gasteiger partial charge in [-0.05, 0) is 27.7 Å². The minimum absolute atomic E-state index is 0.574. The lowest BCUT2D eigenvalue weighted by molar-refractivity contribution is -0.157. The summed E-state index contributed by atoms with van der Waals surface area (Å²) in [5.41, 5.74) is -0.736. The van der Waals surface area contributed by atoms with E-state index in [1.54, 1.807) is 26.1 Å². The Kier molecular flexibility index (Phi) is 5.44. The summed E-state index contributed by atoms with van der Waals surface area (Å²) in [6.07, 6.45) is -5.38. The van der Waals surface area contributed by atoms with E-state index in [9.17, 15) is 22.8 Å². The summed E-state index contributed by atoms with van der Waals surface area (Å²) < 4.78 is 41.1. The van der Waals surface area contributed by atoms with Gasteiger partial charge in [-0.2, -0.15) is 13.2 Å². The summed E-state index contributed by atoms with van der Waals surface area (Å²) >= 11 is 0. The highest BCUT2D eigenvalue weighted by molar-refractivity contribution is 5.82. The Balaban J connectivity index is 4.02. The number of alkyl halides is 3. The number of alkyl carbamates (subject to hydrolysis) is 1. The van der Waals surface area contributed by atoms with Gasteiger partial charge >= 0.3 is 12.3 Å². The molecule has 2 amide bonds. The number of nitrogens with one attached hydrogen (secondary N) is 2. The second-order valence-corrected chi connectivity index (χ2v) is 4.69. The molecule has 106 valence electrons. The summed E-state index contributed by atoms with van der Waals surface area (Å²) in [4.78, 5) is 22.2. The third-order valence-corrected chi connectivity index (χ3v) is 1.66. The van der Waals surface area contributed by atoms with E-state index in [2.05, 4.69) is 5.32 Å². The summed E-state index contributed by atoms with van der Waals surface area (Å²) in [5.74, 6) is -0.939. The van der Waals surface area contributed by atoms with E-state index in [-0.39, 0.29) is 0 Å². The van der Waals surface area contributed by atoms with Gasteiger partial charge in [0.1, 0.15) is 18.2 Å². The normalized spacial score (nSPS) is 13.7. The van der Waals surface area contributed by atoms with Crippen LogP contribution in [0.3, 0.4) is 0 Å². The zero-order valence-corrected chi connectivity index (χ0v) is 10.6. The van der Waals surface area contributed by atoms with Crippen LogP contribution in [0.4, 0.5) is 18.0 Å². The van der Waals surface area contributed by atoms with Crippen molar-refractivity contribution in [3.8, 4) is 0 Å². The highest BCUT2D eigenvalue weighted by Gasteiger charge is 2.36. The Morgan fingerprint density at radius 3 is 2.11 bits per heavy atom. The molecular weight excluding hydrogens is 253 g/mol. The molecule has 0 radical (unpaired) electrons. The first-order valence-corrected chi connectivity index (χ1v) is 5.25. The number of hydrogen-bond donors (Lipinski definition) is 2. The second kappa shape index (κ2) is 5.92. The maximum atomic E-state index is 12.1. The Hall–Kier alpha value is -1.47. The van der Waals surface area contributed by atoms with Crippen LogP contribution >= 0.6 is 0 Å². The van der Waals surface area contributed by atoms with E-state index in [1.807, 2.05) is 0 Å². The molecule has 0 aromatic carbocycles. The van der Waals surface area contributed by atoms with Crippen molar-refractivity contribution in [2.24, 2.45) is 0 Å². The predicted octanol–water partition coefficient (Wildman–Crippen LogP) is 1.58. The van der Waals surface area contributed by atoms with Gasteiger partial charge in [-0.25, -0.2) is 4.79 Å². The highest BCUT2D eigenvalue weighted by Crippen LogP contribution is 2.19. The van der Waals surface area contributed by atoms with E-state index < -0.39 is 36.4 Å². The quantitative estimate of drug-likeness (QED) is 0.818. The molecule has 2 N–H and O–H groups in total. The van der Waals surface area contributed by atoms with Crippen LogP contribution in [0.1, 0.15) is 27.7 Å². The van der Waals surface area contributed by atoms with Crippen molar-refractivity contribution in [3.63, 3.8) is 0 Å². The molecule has 1 atom stereocenters. The molecule has 18 heavy (non-hydrogen) atoms. The van der Waals surface area contributed by atoms with E-state index in [4.69, 9.17) is 4.74 Å². The topological polar surface area (TPSA) is 67.4 Å². The summed E-state index contributed by atoms with van der Waals surface area (Å²) in [6.45, 7) is 5.11. The molecule has 0 aliphatic carbocycles. The highest BCUT2D eigenvalue weighted by atomic mass is 19.4.